The second kappa shape index (κ2) is 10.3. The van der Waals surface area contributed by atoms with Crippen LogP contribution in [0.2, 0.25) is 0 Å². The summed E-state index contributed by atoms with van der Waals surface area (Å²) in [6.07, 6.45) is 5.22. The molecule has 7 heteroatoms. The number of aromatic nitrogens is 1. The number of carboxylic acid groups (broad SMARTS) is 1. The number of likely N-dealkylation sites (tertiary alicyclic amines) is 1. The maximum absolute atomic E-state index is 11.8. The zero-order valence-corrected chi connectivity index (χ0v) is 17.9. The minimum Gasteiger partial charge on any atom is -0.497 e. The molecule has 1 aliphatic heterocycles. The Morgan fingerprint density at radius 2 is 2.24 bits per heavy atom. The van der Waals surface area contributed by atoms with Crippen molar-refractivity contribution in [1.82, 2.24) is 9.88 Å². The van der Waals surface area contributed by atoms with E-state index in [1.807, 2.05) is 24.3 Å². The summed E-state index contributed by atoms with van der Waals surface area (Å²) in [7, 11) is 1.62. The van der Waals surface area contributed by atoms with E-state index in [-0.39, 0.29) is 11.8 Å². The number of ether oxygens (including phenoxy) is 1. The number of nitrogens with zero attached hydrogens (tertiary/aromatic N) is 2. The summed E-state index contributed by atoms with van der Waals surface area (Å²) in [5.41, 5.74) is 1.63. The Morgan fingerprint density at radius 1 is 1.41 bits per heavy atom. The maximum Gasteiger partial charge on any atom is 0.308 e. The summed E-state index contributed by atoms with van der Waals surface area (Å²) in [4.78, 5) is 18.4. The van der Waals surface area contributed by atoms with Crippen molar-refractivity contribution in [2.24, 2.45) is 11.8 Å². The van der Waals surface area contributed by atoms with Gasteiger partial charge in [0.25, 0.3) is 0 Å². The van der Waals surface area contributed by atoms with Gasteiger partial charge in [0.05, 0.1) is 24.6 Å². The summed E-state index contributed by atoms with van der Waals surface area (Å²) >= 11 is 1.78. The molecular weight excluding hydrogens is 388 g/mol. The molecule has 29 heavy (non-hydrogen) atoms. The molecule has 6 nitrogen and oxygen atoms in total. The molecule has 1 saturated heterocycles. The van der Waals surface area contributed by atoms with Crippen molar-refractivity contribution >= 4 is 28.6 Å². The number of piperidine rings is 1. The van der Waals surface area contributed by atoms with Crippen LogP contribution in [0.3, 0.4) is 0 Å². The molecule has 1 aromatic heterocycles. The van der Waals surface area contributed by atoms with E-state index < -0.39 is 12.1 Å². The predicted molar refractivity (Wildman–Crippen MR) is 117 cm³/mol. The number of aliphatic hydroxyl groups is 1. The number of aliphatic carboxylic acids is 1. The SMILES string of the molecule is COc1ccc2nccc([C@@H](O)CC[C@@H]3CCN(CCSC)C[C@@H]3C(=O)O)c2c1. The Hall–Kier alpha value is -1.83. The largest absolute Gasteiger partial charge is 0.497 e. The number of hydrogen-bond acceptors (Lipinski definition) is 6. The third kappa shape index (κ3) is 5.41. The van der Waals surface area contributed by atoms with Gasteiger partial charge in [0.2, 0.25) is 0 Å². The van der Waals surface area contributed by atoms with E-state index in [0.717, 1.165) is 47.5 Å². The average molecular weight is 419 g/mol. The lowest BCUT2D eigenvalue weighted by molar-refractivity contribution is -0.146. The minimum atomic E-state index is -0.725. The van der Waals surface area contributed by atoms with Crippen LogP contribution in [0.15, 0.2) is 30.5 Å². The first-order chi connectivity index (χ1) is 14.0. The van der Waals surface area contributed by atoms with E-state index in [1.54, 1.807) is 25.1 Å². The Kier molecular flexibility index (Phi) is 7.75. The van der Waals surface area contributed by atoms with Gasteiger partial charge in [-0.2, -0.15) is 11.8 Å². The number of carbonyl (C=O) groups is 1. The van der Waals surface area contributed by atoms with Gasteiger partial charge in [0.15, 0.2) is 0 Å². The molecule has 0 spiro atoms. The molecular formula is C22H30N2O4S. The number of thioether (sulfide) groups is 1. The number of fused-ring (bicyclic) bond motifs is 1. The standard InChI is InChI=1S/C22H30N2O4S/c1-28-16-4-5-20-18(13-16)17(7-9-23-20)21(25)6-3-15-8-10-24(11-12-29-2)14-19(15)22(26)27/h4-5,7,9,13,15,19,21,25H,3,6,8,10-12,14H2,1-2H3,(H,26,27)/t15-,19+,21+/m1/s1. The molecule has 1 aliphatic rings. The quantitative estimate of drug-likeness (QED) is 0.645. The fourth-order valence-corrected chi connectivity index (χ4v) is 4.65. The second-order valence-electron chi connectivity index (χ2n) is 7.66. The molecule has 2 N–H and O–H groups in total. The molecule has 1 aromatic carbocycles. The summed E-state index contributed by atoms with van der Waals surface area (Å²) in [6.45, 7) is 2.47. The van der Waals surface area contributed by atoms with Crippen molar-refractivity contribution in [1.29, 1.82) is 0 Å². The molecule has 0 amide bonds. The number of hydrogen-bond donors (Lipinski definition) is 2. The number of methoxy groups -OCH3 is 1. The molecule has 2 heterocycles. The summed E-state index contributed by atoms with van der Waals surface area (Å²) in [5.74, 6) is 0.747. The molecule has 0 radical (unpaired) electrons. The van der Waals surface area contributed by atoms with Crippen LogP contribution in [0.1, 0.15) is 30.9 Å². The third-order valence-corrected chi connectivity index (χ3v) is 6.51. The Morgan fingerprint density at radius 3 is 2.97 bits per heavy atom. The molecule has 2 aromatic rings. The van der Waals surface area contributed by atoms with Gasteiger partial charge in [0.1, 0.15) is 5.75 Å². The molecule has 3 atom stereocenters. The van der Waals surface area contributed by atoms with Gasteiger partial charge in [-0.15, -0.1) is 0 Å². The lowest BCUT2D eigenvalue weighted by Gasteiger charge is -2.36. The van der Waals surface area contributed by atoms with Crippen LogP contribution in [-0.2, 0) is 4.79 Å². The zero-order valence-electron chi connectivity index (χ0n) is 17.1. The van der Waals surface area contributed by atoms with Gasteiger partial charge in [-0.3, -0.25) is 9.78 Å². The van der Waals surface area contributed by atoms with Crippen molar-refractivity contribution < 1.29 is 19.7 Å². The smallest absolute Gasteiger partial charge is 0.308 e. The molecule has 0 bridgehead atoms. The second-order valence-corrected chi connectivity index (χ2v) is 8.65. The first-order valence-corrected chi connectivity index (χ1v) is 11.5. The number of aliphatic hydroxyl groups excluding tert-OH is 1. The van der Waals surface area contributed by atoms with E-state index in [4.69, 9.17) is 4.74 Å². The Balaban J connectivity index is 1.67. The number of rotatable bonds is 9. The van der Waals surface area contributed by atoms with Gasteiger partial charge >= 0.3 is 5.97 Å². The number of pyridine rings is 1. The average Bonchev–Trinajstić information content (AvgIpc) is 2.75. The normalized spacial score (nSPS) is 21.2. The van der Waals surface area contributed by atoms with Crippen molar-refractivity contribution in [2.45, 2.75) is 25.4 Å². The van der Waals surface area contributed by atoms with E-state index in [2.05, 4.69) is 16.1 Å². The Labute approximate surface area is 176 Å². The molecule has 1 fully saturated rings. The highest BCUT2D eigenvalue weighted by Gasteiger charge is 2.34. The van der Waals surface area contributed by atoms with Crippen molar-refractivity contribution in [2.75, 3.05) is 38.8 Å². The number of benzene rings is 1. The van der Waals surface area contributed by atoms with E-state index in [0.29, 0.717) is 19.4 Å². The van der Waals surface area contributed by atoms with Gasteiger partial charge in [-0.1, -0.05) is 0 Å². The molecule has 0 aliphatic carbocycles. The minimum absolute atomic E-state index is 0.0929. The van der Waals surface area contributed by atoms with Crippen LogP contribution in [0, 0.1) is 11.8 Å². The first kappa shape index (κ1) is 21.9. The van der Waals surface area contributed by atoms with Crippen LogP contribution in [-0.4, -0.2) is 64.8 Å². The topological polar surface area (TPSA) is 82.9 Å². The fraction of sp³-hybridized carbons (Fsp3) is 0.545. The molecule has 3 rings (SSSR count). The van der Waals surface area contributed by atoms with Crippen LogP contribution in [0.4, 0.5) is 0 Å². The van der Waals surface area contributed by atoms with Crippen molar-refractivity contribution in [3.63, 3.8) is 0 Å². The van der Waals surface area contributed by atoms with Gasteiger partial charge in [0, 0.05) is 30.4 Å². The monoisotopic (exact) mass is 418 g/mol. The molecule has 158 valence electrons. The van der Waals surface area contributed by atoms with Crippen LogP contribution < -0.4 is 4.74 Å². The fourth-order valence-electron chi connectivity index (χ4n) is 4.21. The highest BCUT2D eigenvalue weighted by molar-refractivity contribution is 7.98. The van der Waals surface area contributed by atoms with E-state index in [9.17, 15) is 15.0 Å². The molecule has 0 saturated carbocycles. The highest BCUT2D eigenvalue weighted by atomic mass is 32.2. The maximum atomic E-state index is 11.8. The van der Waals surface area contributed by atoms with Gasteiger partial charge < -0.3 is 19.8 Å². The Bertz CT molecular complexity index is 832. The molecule has 0 unspecified atom stereocenters. The lowest BCUT2D eigenvalue weighted by atomic mass is 9.81. The zero-order chi connectivity index (χ0) is 20.8. The van der Waals surface area contributed by atoms with Crippen molar-refractivity contribution in [3.05, 3.63) is 36.0 Å². The summed E-state index contributed by atoms with van der Waals surface area (Å²) in [5, 5.41) is 21.5. The summed E-state index contributed by atoms with van der Waals surface area (Å²) < 4.78 is 5.31. The van der Waals surface area contributed by atoms with E-state index in [1.165, 1.54) is 0 Å². The van der Waals surface area contributed by atoms with E-state index >= 15 is 0 Å². The van der Waals surface area contributed by atoms with Gasteiger partial charge in [-0.05, 0) is 67.8 Å². The first-order valence-electron chi connectivity index (χ1n) is 10.1. The summed E-state index contributed by atoms with van der Waals surface area (Å²) in [6, 6.07) is 7.47. The van der Waals surface area contributed by atoms with Crippen LogP contribution in [0.25, 0.3) is 10.9 Å². The predicted octanol–water partition coefficient (Wildman–Crippen LogP) is 3.44. The number of carboxylic acids is 1. The van der Waals surface area contributed by atoms with Crippen LogP contribution >= 0.6 is 11.8 Å². The van der Waals surface area contributed by atoms with Crippen LogP contribution in [0.5, 0.6) is 5.75 Å². The van der Waals surface area contributed by atoms with Gasteiger partial charge in [-0.25, -0.2) is 0 Å². The third-order valence-electron chi connectivity index (χ3n) is 5.92. The lowest BCUT2D eigenvalue weighted by Crippen LogP contribution is -2.44. The van der Waals surface area contributed by atoms with Crippen molar-refractivity contribution in [3.8, 4) is 5.75 Å². The highest BCUT2D eigenvalue weighted by Crippen LogP contribution is 2.33.